The first-order chi connectivity index (χ1) is 14.4. The molecule has 0 unspecified atom stereocenters. The molecule has 0 saturated heterocycles. The Balaban J connectivity index is 1.97. The third-order valence-electron chi connectivity index (χ3n) is 8.21. The van der Waals surface area contributed by atoms with E-state index in [0.29, 0.717) is 17.9 Å². The lowest BCUT2D eigenvalue weighted by atomic mass is 9.44. The molecule has 2 aliphatic carbocycles. The van der Waals surface area contributed by atoms with Gasteiger partial charge in [-0.3, -0.25) is 0 Å². The van der Waals surface area contributed by atoms with Crippen molar-refractivity contribution in [3.63, 3.8) is 0 Å². The van der Waals surface area contributed by atoms with E-state index in [1.165, 1.54) is 6.42 Å². The summed E-state index contributed by atoms with van der Waals surface area (Å²) in [6.07, 6.45) is 8.36. The van der Waals surface area contributed by atoms with Crippen LogP contribution in [0.2, 0.25) is 0 Å². The monoisotopic (exact) mass is 488 g/mol. The van der Waals surface area contributed by atoms with E-state index in [2.05, 4.69) is 49.4 Å². The van der Waals surface area contributed by atoms with Gasteiger partial charge in [-0.2, -0.15) is 0 Å². The lowest BCUT2D eigenvalue weighted by Gasteiger charge is -2.62. The number of hydrogen-bond donors (Lipinski definition) is 1. The van der Waals surface area contributed by atoms with Crippen molar-refractivity contribution in [2.75, 3.05) is 0 Å². The number of fused-ring (bicyclic) bond motifs is 1. The zero-order valence-electron chi connectivity index (χ0n) is 19.6. The second-order valence-electron chi connectivity index (χ2n) is 10.7. The number of benzene rings is 1. The average Bonchev–Trinajstić information content (AvgIpc) is 2.68. The van der Waals surface area contributed by atoms with Crippen molar-refractivity contribution in [2.24, 2.45) is 22.7 Å². The van der Waals surface area contributed by atoms with Crippen LogP contribution < -0.4 is 0 Å². The maximum absolute atomic E-state index is 13.0. The molecule has 0 amide bonds. The van der Waals surface area contributed by atoms with Crippen LogP contribution in [0.1, 0.15) is 77.1 Å². The van der Waals surface area contributed by atoms with E-state index < -0.39 is 11.7 Å². The van der Waals surface area contributed by atoms with Crippen LogP contribution in [0, 0.1) is 22.7 Å². The predicted octanol–water partition coefficient (Wildman–Crippen LogP) is 7.10. The summed E-state index contributed by atoms with van der Waals surface area (Å²) >= 11 is 3.41. The van der Waals surface area contributed by atoms with Gasteiger partial charge in [0.2, 0.25) is 0 Å². The van der Waals surface area contributed by atoms with Gasteiger partial charge < -0.3 is 9.84 Å². The van der Waals surface area contributed by atoms with E-state index in [1.54, 1.807) is 12.1 Å². The van der Waals surface area contributed by atoms with Gasteiger partial charge in [0.05, 0.1) is 5.56 Å². The quantitative estimate of drug-likeness (QED) is 0.355. The Labute approximate surface area is 196 Å². The molecule has 31 heavy (non-hydrogen) atoms. The van der Waals surface area contributed by atoms with Crippen LogP contribution in [-0.4, -0.2) is 22.8 Å². The van der Waals surface area contributed by atoms with E-state index in [1.807, 2.05) is 32.1 Å². The molecular formula is C27H37BrO3. The van der Waals surface area contributed by atoms with Crippen LogP contribution in [-0.2, 0) is 4.74 Å². The fraction of sp³-hybridized carbons (Fsp3) is 0.593. The number of allylic oxidation sites excluding steroid dienone is 3. The van der Waals surface area contributed by atoms with Gasteiger partial charge in [0, 0.05) is 10.4 Å². The highest BCUT2D eigenvalue weighted by molar-refractivity contribution is 9.10. The molecule has 4 heteroatoms. The molecule has 0 radical (unpaired) electrons. The Bertz CT molecular complexity index is 852. The summed E-state index contributed by atoms with van der Waals surface area (Å²) in [4.78, 5) is 13.0. The molecule has 3 nitrogen and oxygen atoms in total. The summed E-state index contributed by atoms with van der Waals surface area (Å²) in [5.74, 6) is 0.00151. The van der Waals surface area contributed by atoms with Crippen LogP contribution in [0.5, 0.6) is 0 Å². The zero-order chi connectivity index (χ0) is 23.0. The second-order valence-corrected chi connectivity index (χ2v) is 11.6. The molecule has 2 saturated carbocycles. The van der Waals surface area contributed by atoms with Gasteiger partial charge in [-0.05, 0) is 80.5 Å². The van der Waals surface area contributed by atoms with Gasteiger partial charge >= 0.3 is 5.97 Å². The first-order valence-electron chi connectivity index (χ1n) is 11.4. The Morgan fingerprint density at radius 1 is 1.23 bits per heavy atom. The molecule has 1 aromatic rings. The van der Waals surface area contributed by atoms with E-state index >= 15 is 0 Å². The normalized spacial score (nSPS) is 35.2. The predicted molar refractivity (Wildman–Crippen MR) is 130 cm³/mol. The van der Waals surface area contributed by atoms with Crippen LogP contribution in [0.3, 0.4) is 0 Å². The molecule has 1 N–H and O–H groups in total. The van der Waals surface area contributed by atoms with Crippen LogP contribution in [0.4, 0.5) is 0 Å². The molecule has 170 valence electrons. The molecule has 0 aromatic heterocycles. The summed E-state index contributed by atoms with van der Waals surface area (Å²) < 4.78 is 6.95. The summed E-state index contributed by atoms with van der Waals surface area (Å²) in [7, 11) is 0. The summed E-state index contributed by atoms with van der Waals surface area (Å²) in [6.45, 7) is 14.8. The number of esters is 1. The van der Waals surface area contributed by atoms with Crippen molar-refractivity contribution < 1.29 is 14.6 Å². The Morgan fingerprint density at radius 3 is 2.48 bits per heavy atom. The fourth-order valence-corrected chi connectivity index (χ4v) is 6.63. The first-order valence-corrected chi connectivity index (χ1v) is 12.2. The van der Waals surface area contributed by atoms with E-state index in [0.717, 1.165) is 29.3 Å². The van der Waals surface area contributed by atoms with Gasteiger partial charge in [0.25, 0.3) is 0 Å². The Morgan fingerprint density at radius 2 is 1.87 bits per heavy atom. The SMILES string of the molecule is C=C/C(C)=C/C[C@H]1[C@](C)(O)[C@H](OC(=O)c2ccc(Br)cc2)C[C@H]2C(C)(C)CCC[C@@]21C. The minimum absolute atomic E-state index is 0.00376. The zero-order valence-corrected chi connectivity index (χ0v) is 21.2. The van der Waals surface area contributed by atoms with Crippen LogP contribution >= 0.6 is 15.9 Å². The summed E-state index contributed by atoms with van der Waals surface area (Å²) in [5.41, 5.74) is 0.640. The topological polar surface area (TPSA) is 46.5 Å². The third kappa shape index (κ3) is 4.71. The van der Waals surface area contributed by atoms with E-state index in [4.69, 9.17) is 4.74 Å². The highest BCUT2D eigenvalue weighted by Gasteiger charge is 2.62. The third-order valence-corrected chi connectivity index (χ3v) is 8.73. The van der Waals surface area contributed by atoms with Gasteiger partial charge in [0.15, 0.2) is 0 Å². The number of carbonyl (C=O) groups is 1. The number of carbonyl (C=O) groups excluding carboxylic acids is 1. The molecule has 1 aromatic carbocycles. The van der Waals surface area contributed by atoms with Crippen molar-refractivity contribution in [2.45, 2.75) is 78.4 Å². The number of aliphatic hydroxyl groups is 1. The highest BCUT2D eigenvalue weighted by atomic mass is 79.9. The minimum Gasteiger partial charge on any atom is -0.456 e. The smallest absolute Gasteiger partial charge is 0.338 e. The summed E-state index contributed by atoms with van der Waals surface area (Å²) in [6, 6.07) is 7.18. The molecule has 5 atom stereocenters. The van der Waals surface area contributed by atoms with Gasteiger partial charge in [-0.15, -0.1) is 0 Å². The molecule has 0 bridgehead atoms. The number of rotatable bonds is 5. The lowest BCUT2D eigenvalue weighted by molar-refractivity contribution is -0.218. The molecule has 2 fully saturated rings. The molecule has 0 spiro atoms. The van der Waals surface area contributed by atoms with Crippen molar-refractivity contribution in [3.05, 3.63) is 58.6 Å². The van der Waals surface area contributed by atoms with Crippen LogP contribution in [0.15, 0.2) is 53.0 Å². The first kappa shape index (κ1) is 24.3. The standard InChI is InChI=1S/C27H37BrO3/c1-7-18(2)9-14-21-26(5)16-8-15-25(3,4)22(26)17-23(27(21,6)30)31-24(29)19-10-12-20(28)13-11-19/h7,9-13,21-23,30H,1,8,14-17H2,2-6H3/b18-9+/t21-,22+,23-,26-,27+/m1/s1. The molecule has 2 aliphatic rings. The number of ether oxygens (including phenoxy) is 1. The highest BCUT2D eigenvalue weighted by Crippen LogP contribution is 2.63. The maximum atomic E-state index is 13.0. The van der Waals surface area contributed by atoms with Crippen molar-refractivity contribution >= 4 is 21.9 Å². The minimum atomic E-state index is -1.11. The largest absolute Gasteiger partial charge is 0.456 e. The lowest BCUT2D eigenvalue weighted by Crippen LogP contribution is -2.64. The van der Waals surface area contributed by atoms with Crippen molar-refractivity contribution in [1.29, 1.82) is 0 Å². The van der Waals surface area contributed by atoms with E-state index in [-0.39, 0.29) is 22.7 Å². The van der Waals surface area contributed by atoms with Crippen LogP contribution in [0.25, 0.3) is 0 Å². The molecule has 0 aliphatic heterocycles. The Hall–Kier alpha value is -1.39. The number of hydrogen-bond acceptors (Lipinski definition) is 3. The molecular weight excluding hydrogens is 452 g/mol. The summed E-state index contributed by atoms with van der Waals surface area (Å²) in [5, 5.41) is 11.9. The average molecular weight is 489 g/mol. The number of halogens is 1. The Kier molecular flexibility index (Phi) is 6.93. The van der Waals surface area contributed by atoms with Gasteiger partial charge in [-0.1, -0.05) is 67.4 Å². The fourth-order valence-electron chi connectivity index (χ4n) is 6.36. The maximum Gasteiger partial charge on any atom is 0.338 e. The molecule has 3 rings (SSSR count). The van der Waals surface area contributed by atoms with E-state index in [9.17, 15) is 9.90 Å². The van der Waals surface area contributed by atoms with Crippen molar-refractivity contribution in [3.8, 4) is 0 Å². The molecule has 0 heterocycles. The van der Waals surface area contributed by atoms with Gasteiger partial charge in [-0.25, -0.2) is 4.79 Å². The van der Waals surface area contributed by atoms with Crippen molar-refractivity contribution in [1.82, 2.24) is 0 Å². The second kappa shape index (κ2) is 8.86. The van der Waals surface area contributed by atoms with Gasteiger partial charge in [0.1, 0.15) is 11.7 Å².